The summed E-state index contributed by atoms with van der Waals surface area (Å²) in [5.41, 5.74) is 0. The zero-order chi connectivity index (χ0) is 11.7. The van der Waals surface area contributed by atoms with Crippen LogP contribution in [0.5, 0.6) is 0 Å². The molecule has 0 aromatic rings. The summed E-state index contributed by atoms with van der Waals surface area (Å²) >= 11 is 0. The van der Waals surface area contributed by atoms with Crippen LogP contribution in [-0.2, 0) is 0 Å². The summed E-state index contributed by atoms with van der Waals surface area (Å²) in [6, 6.07) is 0. The second-order valence-electron chi connectivity index (χ2n) is 4.46. The Morgan fingerprint density at radius 3 is 2.07 bits per heavy atom. The maximum Gasteiger partial charge on any atom is 0.389 e. The van der Waals surface area contributed by atoms with Crippen molar-refractivity contribution in [2.75, 3.05) is 0 Å². The van der Waals surface area contributed by atoms with Crippen LogP contribution >= 0.6 is 0 Å². The van der Waals surface area contributed by atoms with Crippen LogP contribution in [0.2, 0.25) is 0 Å². The lowest BCUT2D eigenvalue weighted by atomic mass is 9.98. The lowest BCUT2D eigenvalue weighted by Gasteiger charge is -2.09. The van der Waals surface area contributed by atoms with Gasteiger partial charge in [0.05, 0.1) is 0 Å². The highest BCUT2D eigenvalue weighted by Gasteiger charge is 2.25. The van der Waals surface area contributed by atoms with Crippen molar-refractivity contribution in [3.8, 4) is 0 Å². The van der Waals surface area contributed by atoms with E-state index in [0.29, 0.717) is 6.42 Å². The zero-order valence-corrected chi connectivity index (χ0v) is 9.87. The average Bonchev–Trinajstić information content (AvgIpc) is 2.09. The Morgan fingerprint density at radius 1 is 0.933 bits per heavy atom. The molecule has 1 atom stereocenters. The van der Waals surface area contributed by atoms with Crippen LogP contribution in [-0.4, -0.2) is 6.18 Å². The summed E-state index contributed by atoms with van der Waals surface area (Å²) in [5, 5.41) is 0. The van der Waals surface area contributed by atoms with Crippen molar-refractivity contribution in [1.29, 1.82) is 0 Å². The molecular formula is C12H23F3. The number of hydrogen-bond acceptors (Lipinski definition) is 0. The molecule has 0 amide bonds. The van der Waals surface area contributed by atoms with Gasteiger partial charge >= 0.3 is 6.18 Å². The second kappa shape index (κ2) is 8.00. The first-order valence-corrected chi connectivity index (χ1v) is 6.02. The van der Waals surface area contributed by atoms with Crippen molar-refractivity contribution in [3.63, 3.8) is 0 Å². The molecule has 0 heterocycles. The number of alkyl halides is 3. The van der Waals surface area contributed by atoms with E-state index in [2.05, 4.69) is 13.8 Å². The quantitative estimate of drug-likeness (QED) is 0.489. The predicted octanol–water partition coefficient (Wildman–Crippen LogP) is 5.33. The molecule has 92 valence electrons. The molecule has 0 fully saturated rings. The monoisotopic (exact) mass is 224 g/mol. The Balaban J connectivity index is 3.18. The van der Waals surface area contributed by atoms with Gasteiger partial charge < -0.3 is 0 Å². The van der Waals surface area contributed by atoms with Crippen molar-refractivity contribution in [2.45, 2.75) is 71.4 Å². The Hall–Kier alpha value is -0.210. The fourth-order valence-electron chi connectivity index (χ4n) is 1.81. The van der Waals surface area contributed by atoms with Crippen LogP contribution in [0.3, 0.4) is 0 Å². The largest absolute Gasteiger partial charge is 0.389 e. The molecular weight excluding hydrogens is 201 g/mol. The van der Waals surface area contributed by atoms with Gasteiger partial charge in [-0.2, -0.15) is 13.2 Å². The van der Waals surface area contributed by atoms with Gasteiger partial charge in [0.1, 0.15) is 0 Å². The molecule has 0 aliphatic carbocycles. The third kappa shape index (κ3) is 11.7. The van der Waals surface area contributed by atoms with Crippen molar-refractivity contribution in [1.82, 2.24) is 0 Å². The first-order chi connectivity index (χ1) is 6.95. The van der Waals surface area contributed by atoms with Gasteiger partial charge in [-0.1, -0.05) is 52.4 Å². The zero-order valence-electron chi connectivity index (χ0n) is 9.87. The van der Waals surface area contributed by atoms with Gasteiger partial charge in [0.15, 0.2) is 0 Å². The molecule has 15 heavy (non-hydrogen) atoms. The molecule has 0 bridgehead atoms. The molecule has 0 rings (SSSR count). The third-order valence-corrected chi connectivity index (χ3v) is 2.69. The Bertz CT molecular complexity index is 140. The second-order valence-corrected chi connectivity index (χ2v) is 4.46. The highest BCUT2D eigenvalue weighted by Crippen LogP contribution is 2.23. The van der Waals surface area contributed by atoms with Gasteiger partial charge in [0.2, 0.25) is 0 Å². The van der Waals surface area contributed by atoms with Crippen molar-refractivity contribution in [3.05, 3.63) is 0 Å². The van der Waals surface area contributed by atoms with E-state index in [1.54, 1.807) is 0 Å². The van der Waals surface area contributed by atoms with Gasteiger partial charge in [-0.15, -0.1) is 0 Å². The van der Waals surface area contributed by atoms with E-state index in [0.717, 1.165) is 25.2 Å². The van der Waals surface area contributed by atoms with Gasteiger partial charge in [-0.3, -0.25) is 0 Å². The summed E-state index contributed by atoms with van der Waals surface area (Å²) in [6.07, 6.45) is 2.08. The molecule has 0 radical (unpaired) electrons. The molecule has 3 heteroatoms. The average molecular weight is 224 g/mol. The number of halogens is 3. The van der Waals surface area contributed by atoms with Crippen LogP contribution in [0.4, 0.5) is 13.2 Å². The number of rotatable bonds is 8. The highest BCUT2D eigenvalue weighted by molar-refractivity contribution is 4.55. The van der Waals surface area contributed by atoms with E-state index >= 15 is 0 Å². The maximum atomic E-state index is 11.8. The Kier molecular flexibility index (Phi) is 7.89. The minimum absolute atomic E-state index is 0.297. The standard InChI is InChI=1S/C12H23F3/c1-3-8-11(2)9-6-4-5-7-10-12(13,14)15/h11H,3-10H2,1-2H3. The molecule has 0 spiro atoms. The number of hydrogen-bond donors (Lipinski definition) is 0. The van der Waals surface area contributed by atoms with Gasteiger partial charge in [0, 0.05) is 6.42 Å². The van der Waals surface area contributed by atoms with Crippen molar-refractivity contribution < 1.29 is 13.2 Å². The minimum atomic E-state index is -3.96. The highest BCUT2D eigenvalue weighted by atomic mass is 19.4. The molecule has 0 N–H and O–H groups in total. The van der Waals surface area contributed by atoms with E-state index in [4.69, 9.17) is 0 Å². The minimum Gasteiger partial charge on any atom is -0.171 e. The summed E-state index contributed by atoms with van der Waals surface area (Å²) < 4.78 is 35.4. The molecule has 0 aromatic carbocycles. The van der Waals surface area contributed by atoms with Crippen LogP contribution in [0, 0.1) is 5.92 Å². The van der Waals surface area contributed by atoms with Gasteiger partial charge in [-0.05, 0) is 12.3 Å². The SMILES string of the molecule is CCCC(C)CCCCCCC(F)(F)F. The summed E-state index contributed by atoms with van der Waals surface area (Å²) in [5.74, 6) is 0.734. The fourth-order valence-corrected chi connectivity index (χ4v) is 1.81. The first-order valence-electron chi connectivity index (χ1n) is 6.02. The molecule has 0 nitrogen and oxygen atoms in total. The lowest BCUT2D eigenvalue weighted by molar-refractivity contribution is -0.135. The molecule has 0 aliphatic heterocycles. The van der Waals surface area contributed by atoms with E-state index in [1.807, 2.05) is 0 Å². The van der Waals surface area contributed by atoms with Crippen LogP contribution < -0.4 is 0 Å². The maximum absolute atomic E-state index is 11.8. The van der Waals surface area contributed by atoms with Crippen molar-refractivity contribution >= 4 is 0 Å². The smallest absolute Gasteiger partial charge is 0.171 e. The van der Waals surface area contributed by atoms with Gasteiger partial charge in [-0.25, -0.2) is 0 Å². The molecule has 0 aliphatic rings. The number of unbranched alkanes of at least 4 members (excludes halogenated alkanes) is 3. The molecule has 1 unspecified atom stereocenters. The molecule has 0 saturated heterocycles. The fraction of sp³-hybridized carbons (Fsp3) is 1.00. The van der Waals surface area contributed by atoms with E-state index in [-0.39, 0.29) is 0 Å². The molecule has 0 saturated carbocycles. The Labute approximate surface area is 91.3 Å². The summed E-state index contributed by atoms with van der Waals surface area (Å²) in [4.78, 5) is 0. The first kappa shape index (κ1) is 14.8. The normalized spacial score (nSPS) is 14.2. The predicted molar refractivity (Wildman–Crippen MR) is 57.8 cm³/mol. The van der Waals surface area contributed by atoms with Crippen LogP contribution in [0.1, 0.15) is 65.2 Å². The van der Waals surface area contributed by atoms with Crippen molar-refractivity contribution in [2.24, 2.45) is 5.92 Å². The van der Waals surface area contributed by atoms with Gasteiger partial charge in [0.25, 0.3) is 0 Å². The van der Waals surface area contributed by atoms with Crippen LogP contribution in [0.25, 0.3) is 0 Å². The van der Waals surface area contributed by atoms with Crippen LogP contribution in [0.15, 0.2) is 0 Å². The Morgan fingerprint density at radius 2 is 1.53 bits per heavy atom. The van der Waals surface area contributed by atoms with E-state index < -0.39 is 12.6 Å². The van der Waals surface area contributed by atoms with E-state index in [9.17, 15) is 13.2 Å². The third-order valence-electron chi connectivity index (χ3n) is 2.69. The molecule has 0 aromatic heterocycles. The lowest BCUT2D eigenvalue weighted by Crippen LogP contribution is -2.06. The summed E-state index contributed by atoms with van der Waals surface area (Å²) in [6.45, 7) is 4.39. The summed E-state index contributed by atoms with van der Waals surface area (Å²) in [7, 11) is 0. The topological polar surface area (TPSA) is 0 Å². The van der Waals surface area contributed by atoms with E-state index in [1.165, 1.54) is 19.3 Å².